The quantitative estimate of drug-likeness (QED) is 0.826. The van der Waals surface area contributed by atoms with Crippen molar-refractivity contribution in [3.8, 4) is 0 Å². The van der Waals surface area contributed by atoms with Gasteiger partial charge in [0.05, 0.1) is 0 Å². The van der Waals surface area contributed by atoms with Crippen molar-refractivity contribution in [2.45, 2.75) is 58.4 Å². The number of likely N-dealkylation sites (tertiary alicyclic amines) is 1. The molecule has 4 heteroatoms. The predicted octanol–water partition coefficient (Wildman–Crippen LogP) is 1.78. The summed E-state index contributed by atoms with van der Waals surface area (Å²) in [6.07, 6.45) is 6.37. The summed E-state index contributed by atoms with van der Waals surface area (Å²) in [5.41, 5.74) is -0.293. The van der Waals surface area contributed by atoms with Gasteiger partial charge < -0.3 is 15.3 Å². The molecule has 2 fully saturated rings. The van der Waals surface area contributed by atoms with E-state index in [0.29, 0.717) is 11.8 Å². The SMILES string of the molecule is CC(C)(C(=O)N1CCCCC1CCO)C1CCCNC1. The molecule has 2 aliphatic rings. The second-order valence-electron chi connectivity index (χ2n) is 6.93. The number of aliphatic hydroxyl groups excluding tert-OH is 1. The third-order valence-electron chi connectivity index (χ3n) is 5.22. The minimum atomic E-state index is -0.293. The van der Waals surface area contributed by atoms with Gasteiger partial charge in [-0.15, -0.1) is 0 Å². The van der Waals surface area contributed by atoms with Crippen LogP contribution < -0.4 is 5.32 Å². The molecule has 2 unspecified atom stereocenters. The van der Waals surface area contributed by atoms with Crippen LogP contribution in [0.3, 0.4) is 0 Å². The van der Waals surface area contributed by atoms with Crippen molar-refractivity contribution in [2.75, 3.05) is 26.2 Å². The van der Waals surface area contributed by atoms with Crippen molar-refractivity contribution in [2.24, 2.45) is 11.3 Å². The molecule has 0 aromatic heterocycles. The molecule has 2 rings (SSSR count). The summed E-state index contributed by atoms with van der Waals surface area (Å²) in [5.74, 6) is 0.727. The minimum absolute atomic E-state index is 0.180. The number of rotatable bonds is 4. The van der Waals surface area contributed by atoms with E-state index >= 15 is 0 Å². The van der Waals surface area contributed by atoms with E-state index in [1.54, 1.807) is 0 Å². The van der Waals surface area contributed by atoms with Gasteiger partial charge in [0.1, 0.15) is 0 Å². The molecule has 20 heavy (non-hydrogen) atoms. The molecule has 0 aromatic carbocycles. The smallest absolute Gasteiger partial charge is 0.228 e. The van der Waals surface area contributed by atoms with Crippen molar-refractivity contribution in [1.82, 2.24) is 10.2 Å². The van der Waals surface area contributed by atoms with Crippen LogP contribution in [0, 0.1) is 11.3 Å². The molecule has 2 N–H and O–H groups in total. The summed E-state index contributed by atoms with van der Waals surface area (Å²) < 4.78 is 0. The van der Waals surface area contributed by atoms with Crippen LogP contribution in [0.15, 0.2) is 0 Å². The molecule has 0 aliphatic carbocycles. The van der Waals surface area contributed by atoms with Gasteiger partial charge in [0.2, 0.25) is 5.91 Å². The van der Waals surface area contributed by atoms with E-state index in [1.165, 1.54) is 12.8 Å². The zero-order chi connectivity index (χ0) is 14.6. The van der Waals surface area contributed by atoms with Crippen LogP contribution in [0.1, 0.15) is 52.4 Å². The molecule has 0 spiro atoms. The Balaban J connectivity index is 2.06. The zero-order valence-electron chi connectivity index (χ0n) is 13.0. The summed E-state index contributed by atoms with van der Waals surface area (Å²) >= 11 is 0. The summed E-state index contributed by atoms with van der Waals surface area (Å²) in [7, 11) is 0. The lowest BCUT2D eigenvalue weighted by Gasteiger charge is -2.44. The molecule has 116 valence electrons. The molecule has 2 atom stereocenters. The van der Waals surface area contributed by atoms with Gasteiger partial charge in [-0.05, 0) is 57.5 Å². The first-order valence-corrected chi connectivity index (χ1v) is 8.20. The third kappa shape index (κ3) is 3.34. The monoisotopic (exact) mass is 282 g/mol. The summed E-state index contributed by atoms with van der Waals surface area (Å²) in [4.78, 5) is 15.1. The fourth-order valence-corrected chi connectivity index (χ4v) is 3.73. The largest absolute Gasteiger partial charge is 0.396 e. The van der Waals surface area contributed by atoms with Crippen molar-refractivity contribution in [3.05, 3.63) is 0 Å². The van der Waals surface area contributed by atoms with Crippen LogP contribution in [0.4, 0.5) is 0 Å². The van der Waals surface area contributed by atoms with E-state index in [-0.39, 0.29) is 18.1 Å². The summed E-state index contributed by atoms with van der Waals surface area (Å²) in [6, 6.07) is 0.247. The molecule has 4 nitrogen and oxygen atoms in total. The normalized spacial score (nSPS) is 28.4. The van der Waals surface area contributed by atoms with Gasteiger partial charge in [-0.3, -0.25) is 4.79 Å². The highest BCUT2D eigenvalue weighted by Gasteiger charge is 2.41. The molecule has 0 saturated carbocycles. The maximum absolute atomic E-state index is 13.0. The van der Waals surface area contributed by atoms with Crippen molar-refractivity contribution < 1.29 is 9.90 Å². The van der Waals surface area contributed by atoms with Crippen LogP contribution in [-0.2, 0) is 4.79 Å². The average molecular weight is 282 g/mol. The standard InChI is InChI=1S/C16H30N2O2/c1-16(2,13-6-5-9-17-12-13)15(20)18-10-4-3-7-14(18)8-11-19/h13-14,17,19H,3-12H2,1-2H3. The molecular weight excluding hydrogens is 252 g/mol. The number of nitrogens with one attached hydrogen (secondary N) is 1. The van der Waals surface area contributed by atoms with Crippen LogP contribution in [0.2, 0.25) is 0 Å². The first-order chi connectivity index (χ1) is 9.57. The van der Waals surface area contributed by atoms with Crippen molar-refractivity contribution >= 4 is 5.91 Å². The predicted molar refractivity (Wildman–Crippen MR) is 80.4 cm³/mol. The van der Waals surface area contributed by atoms with Gasteiger partial charge in [0.25, 0.3) is 0 Å². The third-order valence-corrected chi connectivity index (χ3v) is 5.22. The highest BCUT2D eigenvalue weighted by Crippen LogP contribution is 2.35. The maximum Gasteiger partial charge on any atom is 0.228 e. The highest BCUT2D eigenvalue weighted by molar-refractivity contribution is 5.82. The fraction of sp³-hybridized carbons (Fsp3) is 0.938. The fourth-order valence-electron chi connectivity index (χ4n) is 3.73. The highest BCUT2D eigenvalue weighted by atomic mass is 16.3. The molecule has 2 heterocycles. The first kappa shape index (κ1) is 15.8. The Hall–Kier alpha value is -0.610. The van der Waals surface area contributed by atoms with E-state index in [9.17, 15) is 9.90 Å². The number of piperidine rings is 2. The van der Waals surface area contributed by atoms with Gasteiger partial charge in [-0.2, -0.15) is 0 Å². The van der Waals surface area contributed by atoms with Crippen molar-refractivity contribution in [3.63, 3.8) is 0 Å². The minimum Gasteiger partial charge on any atom is -0.396 e. The van der Waals surface area contributed by atoms with Crippen LogP contribution in [-0.4, -0.2) is 48.2 Å². The van der Waals surface area contributed by atoms with Gasteiger partial charge >= 0.3 is 0 Å². The second kappa shape index (κ2) is 6.90. The molecule has 0 bridgehead atoms. The van der Waals surface area contributed by atoms with E-state index in [0.717, 1.165) is 45.3 Å². The number of carbonyl (C=O) groups is 1. The van der Waals surface area contributed by atoms with E-state index < -0.39 is 0 Å². The van der Waals surface area contributed by atoms with Gasteiger partial charge in [0, 0.05) is 24.6 Å². The number of nitrogens with zero attached hydrogens (tertiary/aromatic N) is 1. The van der Waals surface area contributed by atoms with Gasteiger partial charge in [0.15, 0.2) is 0 Å². The Kier molecular flexibility index (Phi) is 5.44. The lowest BCUT2D eigenvalue weighted by Crippen LogP contribution is -2.53. The van der Waals surface area contributed by atoms with E-state index in [1.807, 2.05) is 0 Å². The Morgan fingerprint density at radius 1 is 1.30 bits per heavy atom. The van der Waals surface area contributed by atoms with Gasteiger partial charge in [-0.25, -0.2) is 0 Å². The van der Waals surface area contributed by atoms with E-state index in [4.69, 9.17) is 0 Å². The molecule has 2 aliphatic heterocycles. The lowest BCUT2D eigenvalue weighted by atomic mass is 9.73. The zero-order valence-corrected chi connectivity index (χ0v) is 13.0. The Morgan fingerprint density at radius 2 is 2.10 bits per heavy atom. The lowest BCUT2D eigenvalue weighted by molar-refractivity contribution is -0.148. The summed E-state index contributed by atoms with van der Waals surface area (Å²) in [6.45, 7) is 7.30. The maximum atomic E-state index is 13.0. The van der Waals surface area contributed by atoms with E-state index in [2.05, 4.69) is 24.1 Å². The molecule has 1 amide bonds. The Bertz CT molecular complexity index is 322. The number of carbonyl (C=O) groups excluding carboxylic acids is 1. The Morgan fingerprint density at radius 3 is 2.75 bits per heavy atom. The number of amides is 1. The number of hydrogen-bond acceptors (Lipinski definition) is 3. The van der Waals surface area contributed by atoms with Crippen LogP contribution in [0.5, 0.6) is 0 Å². The van der Waals surface area contributed by atoms with Crippen LogP contribution >= 0.6 is 0 Å². The molecule has 2 saturated heterocycles. The van der Waals surface area contributed by atoms with Crippen LogP contribution in [0.25, 0.3) is 0 Å². The molecule has 0 aromatic rings. The summed E-state index contributed by atoms with van der Waals surface area (Å²) in [5, 5.41) is 12.6. The van der Waals surface area contributed by atoms with Gasteiger partial charge in [-0.1, -0.05) is 13.8 Å². The molecular formula is C16H30N2O2. The molecule has 0 radical (unpaired) electrons. The Labute approximate surface area is 122 Å². The van der Waals surface area contributed by atoms with Crippen molar-refractivity contribution in [1.29, 1.82) is 0 Å². The first-order valence-electron chi connectivity index (χ1n) is 8.20. The average Bonchev–Trinajstić information content (AvgIpc) is 2.48. The second-order valence-corrected chi connectivity index (χ2v) is 6.93. The topological polar surface area (TPSA) is 52.6 Å². The number of hydrogen-bond donors (Lipinski definition) is 2. The number of aliphatic hydroxyl groups is 1.